The van der Waals surface area contributed by atoms with Crippen molar-refractivity contribution in [3.05, 3.63) is 22.7 Å². The first-order valence-corrected chi connectivity index (χ1v) is 3.42. The van der Waals surface area contributed by atoms with Gasteiger partial charge in [0.05, 0.1) is 12.5 Å². The lowest BCUT2D eigenvalue weighted by Gasteiger charge is -1.97. The van der Waals surface area contributed by atoms with Crippen LogP contribution in [0.25, 0.3) is 11.0 Å². The summed E-state index contributed by atoms with van der Waals surface area (Å²) in [5.41, 5.74) is 0.216. The van der Waals surface area contributed by atoms with Crippen LogP contribution in [0.3, 0.4) is 0 Å². The maximum atomic E-state index is 10.9. The van der Waals surface area contributed by atoms with E-state index in [1.807, 2.05) is 0 Å². The van der Waals surface area contributed by atoms with E-state index in [9.17, 15) is 4.79 Å². The number of H-pyrrole nitrogens is 2. The summed E-state index contributed by atoms with van der Waals surface area (Å²) in [6.45, 7) is 0. The molecule has 0 aliphatic rings. The van der Waals surface area contributed by atoms with Gasteiger partial charge in [-0.25, -0.2) is 4.79 Å². The Morgan fingerprint density at radius 3 is 3.17 bits per heavy atom. The standard InChI is InChI=1S/C7H7N3O2/c1-12-6-4-2-3-8-5(4)9-7(11)10-6/h2-3H,1H3,(H2,8,9,10,11). The van der Waals surface area contributed by atoms with Crippen molar-refractivity contribution in [2.24, 2.45) is 0 Å². The van der Waals surface area contributed by atoms with Gasteiger partial charge < -0.3 is 9.72 Å². The number of hydrogen-bond donors (Lipinski definition) is 2. The van der Waals surface area contributed by atoms with Gasteiger partial charge in [-0.3, -0.25) is 4.98 Å². The van der Waals surface area contributed by atoms with Crippen molar-refractivity contribution < 1.29 is 4.74 Å². The molecule has 0 aliphatic carbocycles. The van der Waals surface area contributed by atoms with Crippen molar-refractivity contribution >= 4 is 11.0 Å². The molecular weight excluding hydrogens is 158 g/mol. The third-order valence-corrected chi connectivity index (χ3v) is 1.61. The Morgan fingerprint density at radius 2 is 2.42 bits per heavy atom. The largest absolute Gasteiger partial charge is 0.480 e. The van der Waals surface area contributed by atoms with Crippen molar-refractivity contribution in [2.45, 2.75) is 0 Å². The van der Waals surface area contributed by atoms with Crippen molar-refractivity contribution in [3.63, 3.8) is 0 Å². The lowest BCUT2D eigenvalue weighted by Crippen LogP contribution is -2.10. The number of aromatic nitrogens is 3. The average molecular weight is 165 g/mol. The molecule has 2 N–H and O–H groups in total. The van der Waals surface area contributed by atoms with E-state index in [-0.39, 0.29) is 0 Å². The molecule has 62 valence electrons. The van der Waals surface area contributed by atoms with Gasteiger partial charge in [0.2, 0.25) is 5.88 Å². The summed E-state index contributed by atoms with van der Waals surface area (Å²) < 4.78 is 4.92. The zero-order chi connectivity index (χ0) is 8.55. The lowest BCUT2D eigenvalue weighted by atomic mass is 10.4. The minimum absolute atomic E-state index is 0.343. The molecule has 0 fully saturated rings. The highest BCUT2D eigenvalue weighted by molar-refractivity contribution is 5.80. The molecule has 2 aromatic heterocycles. The molecule has 2 heterocycles. The normalized spacial score (nSPS) is 10.4. The van der Waals surface area contributed by atoms with E-state index in [0.717, 1.165) is 5.39 Å². The maximum absolute atomic E-state index is 10.9. The Morgan fingerprint density at radius 1 is 1.58 bits per heavy atom. The van der Waals surface area contributed by atoms with Crippen LogP contribution in [-0.2, 0) is 0 Å². The summed E-state index contributed by atoms with van der Waals surface area (Å²) in [6.07, 6.45) is 1.71. The highest BCUT2D eigenvalue weighted by Gasteiger charge is 2.04. The molecule has 2 rings (SSSR count). The SMILES string of the molecule is COc1nc(=O)[nH]c2[nH]ccc12. The van der Waals surface area contributed by atoms with Crippen LogP contribution >= 0.6 is 0 Å². The van der Waals surface area contributed by atoms with Crippen LogP contribution in [0, 0.1) is 0 Å². The van der Waals surface area contributed by atoms with Crippen LogP contribution in [0.5, 0.6) is 5.88 Å². The molecule has 0 spiro atoms. The molecule has 2 aromatic rings. The number of ether oxygens (including phenoxy) is 1. The topological polar surface area (TPSA) is 70.8 Å². The van der Waals surface area contributed by atoms with E-state index in [1.165, 1.54) is 7.11 Å². The van der Waals surface area contributed by atoms with Gasteiger partial charge in [0.25, 0.3) is 0 Å². The zero-order valence-electron chi connectivity index (χ0n) is 6.42. The Labute approximate surface area is 67.4 Å². The van der Waals surface area contributed by atoms with Gasteiger partial charge in [0.1, 0.15) is 5.65 Å². The number of fused-ring (bicyclic) bond motifs is 1. The second kappa shape index (κ2) is 2.37. The Hall–Kier alpha value is -1.78. The molecule has 0 bridgehead atoms. The molecule has 0 unspecified atom stereocenters. The molecule has 0 atom stereocenters. The molecular formula is C7H7N3O2. The molecule has 5 nitrogen and oxygen atoms in total. The highest BCUT2D eigenvalue weighted by Crippen LogP contribution is 2.17. The third-order valence-electron chi connectivity index (χ3n) is 1.61. The van der Waals surface area contributed by atoms with Crippen molar-refractivity contribution in [1.82, 2.24) is 15.0 Å². The number of hydrogen-bond acceptors (Lipinski definition) is 3. The first kappa shape index (κ1) is 6.90. The Bertz CT molecular complexity index is 457. The van der Waals surface area contributed by atoms with E-state index in [2.05, 4.69) is 15.0 Å². The fourth-order valence-electron chi connectivity index (χ4n) is 1.09. The molecule has 0 saturated heterocycles. The van der Waals surface area contributed by atoms with E-state index >= 15 is 0 Å². The van der Waals surface area contributed by atoms with Gasteiger partial charge in [-0.05, 0) is 6.07 Å². The number of aromatic amines is 2. The number of rotatable bonds is 1. The number of nitrogens with one attached hydrogen (secondary N) is 2. The number of methoxy groups -OCH3 is 1. The average Bonchev–Trinajstić information content (AvgIpc) is 2.50. The number of nitrogens with zero attached hydrogens (tertiary/aromatic N) is 1. The second-order valence-corrected chi connectivity index (χ2v) is 2.32. The minimum Gasteiger partial charge on any atom is -0.480 e. The van der Waals surface area contributed by atoms with Crippen molar-refractivity contribution in [1.29, 1.82) is 0 Å². The first-order valence-electron chi connectivity index (χ1n) is 3.42. The summed E-state index contributed by atoms with van der Waals surface area (Å²) >= 11 is 0. The fourth-order valence-corrected chi connectivity index (χ4v) is 1.09. The molecule has 0 saturated carbocycles. The van der Waals surface area contributed by atoms with Gasteiger partial charge in [-0.15, -0.1) is 0 Å². The van der Waals surface area contributed by atoms with Crippen molar-refractivity contribution in [2.75, 3.05) is 7.11 Å². The fraction of sp³-hybridized carbons (Fsp3) is 0.143. The van der Waals surface area contributed by atoms with Crippen LogP contribution in [0.1, 0.15) is 0 Å². The Balaban J connectivity index is 2.89. The van der Waals surface area contributed by atoms with E-state index in [1.54, 1.807) is 12.3 Å². The maximum Gasteiger partial charge on any atom is 0.349 e. The smallest absolute Gasteiger partial charge is 0.349 e. The summed E-state index contributed by atoms with van der Waals surface area (Å²) in [7, 11) is 1.48. The van der Waals surface area contributed by atoms with E-state index in [4.69, 9.17) is 4.74 Å². The quantitative estimate of drug-likeness (QED) is 0.636. The molecule has 5 heteroatoms. The molecule has 0 amide bonds. The highest BCUT2D eigenvalue weighted by atomic mass is 16.5. The second-order valence-electron chi connectivity index (χ2n) is 2.32. The van der Waals surface area contributed by atoms with Crippen LogP contribution in [-0.4, -0.2) is 22.1 Å². The third kappa shape index (κ3) is 0.868. The summed E-state index contributed by atoms with van der Waals surface area (Å²) in [6, 6.07) is 1.79. The monoisotopic (exact) mass is 165 g/mol. The molecule has 12 heavy (non-hydrogen) atoms. The van der Waals surface area contributed by atoms with Gasteiger partial charge in [0, 0.05) is 6.20 Å². The molecule has 0 aliphatic heterocycles. The predicted octanol–water partition coefficient (Wildman–Crippen LogP) is 0.260. The van der Waals surface area contributed by atoms with E-state index < -0.39 is 5.69 Å². The molecule has 0 aromatic carbocycles. The Kier molecular flexibility index (Phi) is 1.36. The van der Waals surface area contributed by atoms with Gasteiger partial charge in [0.15, 0.2) is 0 Å². The van der Waals surface area contributed by atoms with Crippen LogP contribution < -0.4 is 10.4 Å². The van der Waals surface area contributed by atoms with Gasteiger partial charge in [-0.2, -0.15) is 4.98 Å². The lowest BCUT2D eigenvalue weighted by molar-refractivity contribution is 0.401. The van der Waals surface area contributed by atoms with E-state index in [0.29, 0.717) is 11.5 Å². The molecule has 0 radical (unpaired) electrons. The van der Waals surface area contributed by atoms with Crippen molar-refractivity contribution in [3.8, 4) is 5.88 Å². The first-order chi connectivity index (χ1) is 5.81. The zero-order valence-corrected chi connectivity index (χ0v) is 6.42. The summed E-state index contributed by atoms with van der Waals surface area (Å²) in [5, 5.41) is 0.775. The van der Waals surface area contributed by atoms with Crippen LogP contribution in [0.2, 0.25) is 0 Å². The predicted molar refractivity (Wildman–Crippen MR) is 43.3 cm³/mol. The van der Waals surface area contributed by atoms with Crippen LogP contribution in [0.4, 0.5) is 0 Å². The summed E-state index contributed by atoms with van der Waals surface area (Å²) in [4.78, 5) is 19.9. The van der Waals surface area contributed by atoms with Gasteiger partial charge in [-0.1, -0.05) is 0 Å². The minimum atomic E-state index is -0.415. The van der Waals surface area contributed by atoms with Crippen LogP contribution in [0.15, 0.2) is 17.1 Å². The van der Waals surface area contributed by atoms with Gasteiger partial charge >= 0.3 is 5.69 Å². The summed E-state index contributed by atoms with van der Waals surface area (Å²) in [5.74, 6) is 0.343.